The summed E-state index contributed by atoms with van der Waals surface area (Å²) in [6.07, 6.45) is 1.05. The molecule has 12 heteroatoms. The highest BCUT2D eigenvalue weighted by atomic mass is 35.5. The number of nitrogens with one attached hydrogen (secondary N) is 2. The molecule has 3 heterocycles. The SMILES string of the molecule is CC(NC1=C(C(=N)C(=O)O)CN(c2cnn(C3CCCCO3)c(=O)c2Cl)CC1)c1ccccc1C(F)F. The zero-order valence-corrected chi connectivity index (χ0v) is 21.0. The molecule has 1 aromatic heterocycles. The van der Waals surface area contributed by atoms with E-state index >= 15 is 0 Å². The molecule has 4 rings (SSSR count). The van der Waals surface area contributed by atoms with E-state index in [2.05, 4.69) is 10.4 Å². The van der Waals surface area contributed by atoms with E-state index in [0.29, 0.717) is 36.5 Å². The molecule has 0 saturated carbocycles. The van der Waals surface area contributed by atoms with Crippen LogP contribution in [0.4, 0.5) is 14.5 Å². The van der Waals surface area contributed by atoms with Crippen molar-refractivity contribution < 1.29 is 23.4 Å². The standard InChI is InChI=1S/C25H28ClF2N5O4/c1-14(15-6-2-3-7-16(15)23(27)28)31-18-9-10-32(13-17(18)22(29)25(35)36)19-12-30-33(24(34)21(19)26)20-8-4-5-11-37-20/h2-3,6-7,12,14,20,23,29,31H,4-5,8-11,13H2,1H3,(H,35,36). The summed E-state index contributed by atoms with van der Waals surface area (Å²) in [7, 11) is 0. The second kappa shape index (κ2) is 11.4. The first-order valence-corrected chi connectivity index (χ1v) is 12.4. The Morgan fingerprint density at radius 2 is 2.03 bits per heavy atom. The Hall–Kier alpha value is -3.31. The molecule has 0 aliphatic carbocycles. The van der Waals surface area contributed by atoms with Gasteiger partial charge in [-0.3, -0.25) is 10.2 Å². The maximum atomic E-state index is 13.5. The number of ether oxygens (including phenoxy) is 1. The normalized spacial score (nSPS) is 19.2. The van der Waals surface area contributed by atoms with Crippen molar-refractivity contribution in [2.45, 2.75) is 51.3 Å². The van der Waals surface area contributed by atoms with Gasteiger partial charge in [0.1, 0.15) is 10.7 Å². The zero-order chi connectivity index (χ0) is 26.7. The van der Waals surface area contributed by atoms with E-state index in [-0.39, 0.29) is 29.1 Å². The van der Waals surface area contributed by atoms with Crippen LogP contribution in [0.3, 0.4) is 0 Å². The lowest BCUT2D eigenvalue weighted by Crippen LogP contribution is -2.41. The minimum atomic E-state index is -2.66. The molecule has 0 radical (unpaired) electrons. The number of aliphatic carboxylic acids is 1. The van der Waals surface area contributed by atoms with Gasteiger partial charge in [0.2, 0.25) is 0 Å². The van der Waals surface area contributed by atoms with Crippen molar-refractivity contribution in [1.29, 1.82) is 5.41 Å². The van der Waals surface area contributed by atoms with Crippen LogP contribution in [-0.4, -0.2) is 46.3 Å². The third-order valence-corrected chi connectivity index (χ3v) is 7.00. The van der Waals surface area contributed by atoms with Crippen molar-refractivity contribution in [2.24, 2.45) is 0 Å². The van der Waals surface area contributed by atoms with E-state index in [9.17, 15) is 23.5 Å². The molecule has 2 aromatic rings. The fourth-order valence-electron chi connectivity index (χ4n) is 4.71. The van der Waals surface area contributed by atoms with Crippen LogP contribution in [0.15, 0.2) is 46.5 Å². The van der Waals surface area contributed by atoms with Crippen molar-refractivity contribution in [3.63, 3.8) is 0 Å². The summed E-state index contributed by atoms with van der Waals surface area (Å²) in [5.41, 5.74) is 0.0969. The minimum absolute atomic E-state index is 0.0263. The van der Waals surface area contributed by atoms with Crippen LogP contribution < -0.4 is 15.8 Å². The third kappa shape index (κ3) is 5.67. The molecule has 37 heavy (non-hydrogen) atoms. The first-order valence-electron chi connectivity index (χ1n) is 12.0. The highest BCUT2D eigenvalue weighted by Gasteiger charge is 2.29. The summed E-state index contributed by atoms with van der Waals surface area (Å²) in [5, 5.41) is 25.1. The van der Waals surface area contributed by atoms with Crippen molar-refractivity contribution in [3.05, 3.63) is 68.2 Å². The molecule has 0 bridgehead atoms. The third-order valence-electron chi connectivity index (χ3n) is 6.64. The molecule has 2 unspecified atom stereocenters. The van der Waals surface area contributed by atoms with Gasteiger partial charge in [-0.2, -0.15) is 9.78 Å². The smallest absolute Gasteiger partial charge is 0.354 e. The molecule has 198 valence electrons. The average Bonchev–Trinajstić information content (AvgIpc) is 2.90. The number of nitrogens with zero attached hydrogens (tertiary/aromatic N) is 3. The van der Waals surface area contributed by atoms with E-state index in [0.717, 1.165) is 12.8 Å². The predicted octanol–water partition coefficient (Wildman–Crippen LogP) is 4.45. The van der Waals surface area contributed by atoms with Crippen molar-refractivity contribution in [2.75, 3.05) is 24.6 Å². The average molecular weight is 536 g/mol. The van der Waals surface area contributed by atoms with Gasteiger partial charge < -0.3 is 20.1 Å². The molecule has 2 aliphatic heterocycles. The molecular weight excluding hydrogens is 508 g/mol. The number of hydrogen-bond donors (Lipinski definition) is 3. The number of carboxylic acid groups (broad SMARTS) is 1. The minimum Gasteiger partial charge on any atom is -0.477 e. The van der Waals surface area contributed by atoms with Crippen molar-refractivity contribution >= 4 is 29.0 Å². The van der Waals surface area contributed by atoms with Crippen LogP contribution in [0.25, 0.3) is 0 Å². The molecule has 3 N–H and O–H groups in total. The number of hydrogen-bond acceptors (Lipinski definition) is 7. The van der Waals surface area contributed by atoms with Gasteiger partial charge in [-0.1, -0.05) is 35.9 Å². The number of alkyl halides is 2. The second-order valence-corrected chi connectivity index (χ2v) is 9.40. The maximum Gasteiger partial charge on any atom is 0.354 e. The predicted molar refractivity (Wildman–Crippen MR) is 135 cm³/mol. The van der Waals surface area contributed by atoms with Gasteiger partial charge in [0.15, 0.2) is 6.23 Å². The van der Waals surface area contributed by atoms with Crippen LogP contribution in [0.5, 0.6) is 0 Å². The van der Waals surface area contributed by atoms with Gasteiger partial charge in [-0.25, -0.2) is 13.6 Å². The molecule has 9 nitrogen and oxygen atoms in total. The Balaban J connectivity index is 1.62. The lowest BCUT2D eigenvalue weighted by atomic mass is 9.97. The first kappa shape index (κ1) is 26.7. The van der Waals surface area contributed by atoms with Gasteiger partial charge >= 0.3 is 5.97 Å². The quantitative estimate of drug-likeness (QED) is 0.427. The summed E-state index contributed by atoms with van der Waals surface area (Å²) in [4.78, 5) is 26.4. The molecule has 1 aromatic carbocycles. The van der Waals surface area contributed by atoms with E-state index in [4.69, 9.17) is 21.7 Å². The fourth-order valence-corrected chi connectivity index (χ4v) is 4.96. The van der Waals surface area contributed by atoms with Crippen LogP contribution in [0.2, 0.25) is 5.02 Å². The van der Waals surface area contributed by atoms with Gasteiger partial charge in [-0.15, -0.1) is 0 Å². The Labute approximate surface area is 217 Å². The van der Waals surface area contributed by atoms with E-state index in [1.165, 1.54) is 23.0 Å². The summed E-state index contributed by atoms with van der Waals surface area (Å²) in [5.74, 6) is -1.43. The van der Waals surface area contributed by atoms with Crippen LogP contribution in [-0.2, 0) is 9.53 Å². The summed E-state index contributed by atoms with van der Waals surface area (Å²) >= 11 is 6.45. The summed E-state index contributed by atoms with van der Waals surface area (Å²) < 4.78 is 33.9. The first-order chi connectivity index (χ1) is 17.7. The molecule has 0 spiro atoms. The Kier molecular flexibility index (Phi) is 8.23. The van der Waals surface area contributed by atoms with E-state index in [1.807, 2.05) is 0 Å². The van der Waals surface area contributed by atoms with Crippen molar-refractivity contribution in [3.8, 4) is 0 Å². The number of aromatic nitrogens is 2. The number of carboxylic acids is 1. The number of benzene rings is 1. The molecule has 2 aliphatic rings. The van der Waals surface area contributed by atoms with Gasteiger partial charge in [0.05, 0.1) is 11.9 Å². The topological polar surface area (TPSA) is 121 Å². The monoisotopic (exact) mass is 535 g/mol. The van der Waals surface area contributed by atoms with E-state index < -0.39 is 35.9 Å². The highest BCUT2D eigenvalue weighted by Crippen LogP contribution is 2.31. The van der Waals surface area contributed by atoms with Gasteiger partial charge in [0, 0.05) is 49.0 Å². The Morgan fingerprint density at radius 3 is 2.68 bits per heavy atom. The number of carbonyl (C=O) groups is 1. The lowest BCUT2D eigenvalue weighted by molar-refractivity contribution is -0.129. The van der Waals surface area contributed by atoms with Crippen LogP contribution >= 0.6 is 11.6 Å². The Bertz CT molecular complexity index is 1280. The fraction of sp³-hybridized carbons (Fsp3) is 0.440. The number of anilines is 1. The summed E-state index contributed by atoms with van der Waals surface area (Å²) in [6.45, 7) is 2.55. The number of rotatable bonds is 8. The summed E-state index contributed by atoms with van der Waals surface area (Å²) in [6, 6.07) is 5.57. The molecular formula is C25H28ClF2N5O4. The van der Waals surface area contributed by atoms with Gasteiger partial charge in [0.25, 0.3) is 12.0 Å². The molecule has 0 amide bonds. The van der Waals surface area contributed by atoms with Crippen LogP contribution in [0, 0.1) is 5.41 Å². The number of halogens is 3. The molecule has 2 atom stereocenters. The maximum absolute atomic E-state index is 13.5. The van der Waals surface area contributed by atoms with Crippen molar-refractivity contribution in [1.82, 2.24) is 15.1 Å². The second-order valence-electron chi connectivity index (χ2n) is 9.02. The highest BCUT2D eigenvalue weighted by molar-refractivity contribution is 6.41. The largest absolute Gasteiger partial charge is 0.477 e. The molecule has 1 saturated heterocycles. The van der Waals surface area contributed by atoms with Crippen LogP contribution in [0.1, 0.15) is 62.4 Å². The molecule has 1 fully saturated rings. The van der Waals surface area contributed by atoms with E-state index in [1.54, 1.807) is 24.0 Å². The Morgan fingerprint density at radius 1 is 1.30 bits per heavy atom. The lowest BCUT2D eigenvalue weighted by Gasteiger charge is -2.34. The zero-order valence-electron chi connectivity index (χ0n) is 20.2. The van der Waals surface area contributed by atoms with Gasteiger partial charge in [-0.05, 0) is 31.7 Å².